The van der Waals surface area contributed by atoms with Gasteiger partial charge in [-0.1, -0.05) is 51.8 Å². The number of aryl methyl sites for hydroxylation is 1. The second kappa shape index (κ2) is 11.1. The molecule has 1 saturated heterocycles. The quantitative estimate of drug-likeness (QED) is 0.177. The second-order valence-electron chi connectivity index (χ2n) is 7.55. The highest BCUT2D eigenvalue weighted by Crippen LogP contribution is 2.35. The monoisotopic (exact) mass is 571 g/mol. The van der Waals surface area contributed by atoms with Crippen LogP contribution in [0.25, 0.3) is 6.08 Å². The van der Waals surface area contributed by atoms with Crippen LogP contribution in [0.4, 0.5) is 4.79 Å². The van der Waals surface area contributed by atoms with Crippen LogP contribution < -0.4 is 9.47 Å². The summed E-state index contributed by atoms with van der Waals surface area (Å²) in [4.78, 5) is 39.4. The highest BCUT2D eigenvalue weighted by Gasteiger charge is 2.35. The van der Waals surface area contributed by atoms with Crippen molar-refractivity contribution in [2.75, 3.05) is 13.2 Å². The maximum Gasteiger partial charge on any atom is 0.345 e. The van der Waals surface area contributed by atoms with Gasteiger partial charge < -0.3 is 9.47 Å². The molecule has 6 nitrogen and oxygen atoms in total. The molecular formula is C26H19BrClNO5S. The third-order valence-electron chi connectivity index (χ3n) is 5.00. The van der Waals surface area contributed by atoms with E-state index in [0.29, 0.717) is 15.8 Å². The number of amides is 2. The van der Waals surface area contributed by atoms with E-state index < -0.39 is 17.1 Å². The van der Waals surface area contributed by atoms with Crippen molar-refractivity contribution in [1.82, 2.24) is 4.90 Å². The molecule has 3 aromatic rings. The van der Waals surface area contributed by atoms with Crippen LogP contribution in [-0.4, -0.2) is 35.2 Å². The highest BCUT2D eigenvalue weighted by atomic mass is 79.9. The fourth-order valence-corrected chi connectivity index (χ4v) is 4.75. The summed E-state index contributed by atoms with van der Waals surface area (Å²) in [6.45, 7) is 2.24. The lowest BCUT2D eigenvalue weighted by atomic mass is 10.1. The van der Waals surface area contributed by atoms with Crippen LogP contribution in [0.2, 0.25) is 5.02 Å². The van der Waals surface area contributed by atoms with Crippen LogP contribution in [0.1, 0.15) is 21.5 Å². The Hall–Kier alpha value is -3.07. The van der Waals surface area contributed by atoms with Crippen molar-refractivity contribution in [1.29, 1.82) is 0 Å². The van der Waals surface area contributed by atoms with Gasteiger partial charge in [-0.3, -0.25) is 14.5 Å². The average molecular weight is 573 g/mol. The number of hydrogen-bond donors (Lipinski definition) is 0. The number of esters is 1. The zero-order valence-corrected chi connectivity index (χ0v) is 21.7. The predicted molar refractivity (Wildman–Crippen MR) is 140 cm³/mol. The third-order valence-corrected chi connectivity index (χ3v) is 6.73. The Morgan fingerprint density at radius 1 is 1.09 bits per heavy atom. The maximum atomic E-state index is 12.9. The molecule has 1 heterocycles. The number of carbonyl (C=O) groups excluding carboxylic acids is 3. The van der Waals surface area contributed by atoms with E-state index in [2.05, 4.69) is 15.9 Å². The number of benzene rings is 3. The summed E-state index contributed by atoms with van der Waals surface area (Å²) in [6, 6.07) is 19.1. The Morgan fingerprint density at radius 2 is 1.89 bits per heavy atom. The molecule has 3 aromatic carbocycles. The number of hydrogen-bond acceptors (Lipinski definition) is 6. The van der Waals surface area contributed by atoms with E-state index in [1.54, 1.807) is 42.5 Å². The van der Waals surface area contributed by atoms with Gasteiger partial charge >= 0.3 is 5.97 Å². The molecule has 0 unspecified atom stereocenters. The normalized spacial score (nSPS) is 14.5. The standard InChI is InChI=1S/C26H19BrClNO5S/c1-16-5-4-6-19(13-16)33-12-11-29-24(30)23(35-26(29)32)15-17-14-18(27)9-10-22(17)34-25(31)20-7-2-3-8-21(20)28/h2-10,13-15H,11-12H2,1H3/b23-15-. The van der Waals surface area contributed by atoms with Crippen molar-refractivity contribution in [2.45, 2.75) is 6.92 Å². The lowest BCUT2D eigenvalue weighted by Gasteiger charge is -2.13. The first kappa shape index (κ1) is 25.0. The van der Waals surface area contributed by atoms with E-state index in [0.717, 1.165) is 22.2 Å². The molecule has 0 saturated carbocycles. The van der Waals surface area contributed by atoms with Crippen molar-refractivity contribution >= 4 is 62.5 Å². The summed E-state index contributed by atoms with van der Waals surface area (Å²) >= 11 is 10.3. The molecule has 4 rings (SSSR count). The van der Waals surface area contributed by atoms with Gasteiger partial charge in [0.05, 0.1) is 22.0 Å². The number of imide groups is 1. The summed E-state index contributed by atoms with van der Waals surface area (Å²) in [5.41, 5.74) is 1.73. The SMILES string of the molecule is Cc1cccc(OCCN2C(=O)S/C(=C\c3cc(Br)ccc3OC(=O)c3ccccc3Cl)C2=O)c1. The minimum Gasteiger partial charge on any atom is -0.492 e. The zero-order valence-electron chi connectivity index (χ0n) is 18.5. The molecule has 0 spiro atoms. The van der Waals surface area contributed by atoms with Crippen LogP contribution in [0.3, 0.4) is 0 Å². The fourth-order valence-electron chi connectivity index (χ4n) is 3.30. The summed E-state index contributed by atoms with van der Waals surface area (Å²) in [6.07, 6.45) is 1.53. The van der Waals surface area contributed by atoms with E-state index >= 15 is 0 Å². The summed E-state index contributed by atoms with van der Waals surface area (Å²) in [5.74, 6) is -0.163. The number of halogens is 2. The zero-order chi connectivity index (χ0) is 24.9. The highest BCUT2D eigenvalue weighted by molar-refractivity contribution is 9.10. The van der Waals surface area contributed by atoms with Gasteiger partial charge in [-0.15, -0.1) is 0 Å². The van der Waals surface area contributed by atoms with Crippen molar-refractivity contribution in [3.63, 3.8) is 0 Å². The molecule has 0 aliphatic carbocycles. The van der Waals surface area contributed by atoms with Crippen LogP contribution in [0.15, 0.2) is 76.1 Å². The van der Waals surface area contributed by atoms with Crippen molar-refractivity contribution < 1.29 is 23.9 Å². The lowest BCUT2D eigenvalue weighted by molar-refractivity contribution is -0.123. The molecule has 2 amide bonds. The molecular weight excluding hydrogens is 554 g/mol. The summed E-state index contributed by atoms with van der Waals surface area (Å²) in [7, 11) is 0. The fraction of sp³-hybridized carbons (Fsp3) is 0.115. The largest absolute Gasteiger partial charge is 0.492 e. The van der Waals surface area contributed by atoms with Crippen LogP contribution in [-0.2, 0) is 4.79 Å². The predicted octanol–water partition coefficient (Wildman–Crippen LogP) is 6.75. The van der Waals surface area contributed by atoms with E-state index in [1.165, 1.54) is 6.08 Å². The van der Waals surface area contributed by atoms with Crippen LogP contribution in [0.5, 0.6) is 11.5 Å². The molecule has 0 bridgehead atoms. The number of nitrogens with zero attached hydrogens (tertiary/aromatic N) is 1. The van der Waals surface area contributed by atoms with Crippen molar-refractivity contribution in [3.8, 4) is 11.5 Å². The molecule has 35 heavy (non-hydrogen) atoms. The Balaban J connectivity index is 1.49. The van der Waals surface area contributed by atoms with Gasteiger partial charge in [0.15, 0.2) is 0 Å². The summed E-state index contributed by atoms with van der Waals surface area (Å²) < 4.78 is 12.0. The topological polar surface area (TPSA) is 72.9 Å². The number of carbonyl (C=O) groups is 3. The first-order valence-electron chi connectivity index (χ1n) is 10.5. The minimum absolute atomic E-state index is 0.114. The second-order valence-corrected chi connectivity index (χ2v) is 9.87. The first-order chi connectivity index (χ1) is 16.8. The van der Waals surface area contributed by atoms with Gasteiger partial charge in [-0.2, -0.15) is 0 Å². The summed E-state index contributed by atoms with van der Waals surface area (Å²) in [5, 5.41) is -0.121. The van der Waals surface area contributed by atoms with Gasteiger partial charge in [0.2, 0.25) is 0 Å². The van der Waals surface area contributed by atoms with Crippen molar-refractivity contribution in [3.05, 3.63) is 97.8 Å². The Morgan fingerprint density at radius 3 is 2.66 bits per heavy atom. The number of rotatable bonds is 7. The average Bonchev–Trinajstić information content (AvgIpc) is 3.08. The molecule has 1 aliphatic heterocycles. The van der Waals surface area contributed by atoms with Crippen LogP contribution in [0, 0.1) is 6.92 Å². The van der Waals surface area contributed by atoms with Gasteiger partial charge in [0.25, 0.3) is 11.1 Å². The molecule has 1 aliphatic rings. The van der Waals surface area contributed by atoms with Crippen LogP contribution >= 0.6 is 39.3 Å². The number of ether oxygens (including phenoxy) is 2. The molecule has 0 radical (unpaired) electrons. The molecule has 0 N–H and O–H groups in total. The molecule has 1 fully saturated rings. The van der Waals surface area contributed by atoms with E-state index in [-0.39, 0.29) is 34.4 Å². The van der Waals surface area contributed by atoms with E-state index in [4.69, 9.17) is 21.1 Å². The van der Waals surface area contributed by atoms with Crippen molar-refractivity contribution in [2.24, 2.45) is 0 Å². The Kier molecular flexibility index (Phi) is 7.95. The van der Waals surface area contributed by atoms with E-state index in [9.17, 15) is 14.4 Å². The third kappa shape index (κ3) is 6.14. The maximum absolute atomic E-state index is 12.9. The molecule has 9 heteroatoms. The lowest BCUT2D eigenvalue weighted by Crippen LogP contribution is -2.32. The van der Waals surface area contributed by atoms with Gasteiger partial charge in [0, 0.05) is 10.0 Å². The molecule has 0 aromatic heterocycles. The molecule has 0 atom stereocenters. The number of thioether (sulfide) groups is 1. The smallest absolute Gasteiger partial charge is 0.345 e. The Labute approximate surface area is 220 Å². The van der Waals surface area contributed by atoms with Gasteiger partial charge in [-0.05, 0) is 72.8 Å². The molecule has 178 valence electrons. The van der Waals surface area contributed by atoms with Gasteiger partial charge in [-0.25, -0.2) is 4.79 Å². The van der Waals surface area contributed by atoms with E-state index in [1.807, 2.05) is 31.2 Å². The first-order valence-corrected chi connectivity index (χ1v) is 12.5. The Bertz CT molecular complexity index is 1340. The van der Waals surface area contributed by atoms with Gasteiger partial charge in [0.1, 0.15) is 18.1 Å². The minimum atomic E-state index is -0.631.